The smallest absolute Gasteiger partial charge is 0.414 e. The van der Waals surface area contributed by atoms with Crippen molar-refractivity contribution in [3.63, 3.8) is 0 Å². The first-order chi connectivity index (χ1) is 15.0. The van der Waals surface area contributed by atoms with E-state index in [1.165, 1.54) is 6.20 Å². The molecule has 0 aliphatic carbocycles. The van der Waals surface area contributed by atoms with Gasteiger partial charge in [-0.25, -0.2) is 14.2 Å². The molecule has 3 aromatic rings. The Kier molecular flexibility index (Phi) is 5.49. The maximum Gasteiger partial charge on any atom is 0.414 e. The first kappa shape index (κ1) is 22.3. The van der Waals surface area contributed by atoms with Crippen LogP contribution >= 0.6 is 11.6 Å². The molecule has 0 saturated carbocycles. The minimum absolute atomic E-state index is 0.0283. The molecule has 1 aromatic carbocycles. The molecular weight excluding hydrogens is 431 g/mol. The number of nitrogens with zero attached hydrogens (tertiary/aromatic N) is 3. The number of benzene rings is 1. The van der Waals surface area contributed by atoms with Gasteiger partial charge in [-0.05, 0) is 57.2 Å². The summed E-state index contributed by atoms with van der Waals surface area (Å²) in [6.45, 7) is 9.91. The maximum absolute atomic E-state index is 15.4. The van der Waals surface area contributed by atoms with Gasteiger partial charge in [-0.3, -0.25) is 9.88 Å². The largest absolute Gasteiger partial charge is 0.443 e. The van der Waals surface area contributed by atoms with E-state index in [-0.39, 0.29) is 10.9 Å². The first-order valence-corrected chi connectivity index (χ1v) is 10.9. The lowest BCUT2D eigenvalue weighted by Gasteiger charge is -2.35. The third-order valence-electron chi connectivity index (χ3n) is 5.68. The number of nitrogen functional groups attached to an aromatic ring is 1. The highest BCUT2D eigenvalue weighted by atomic mass is 35.5. The molecule has 1 amide bonds. The van der Waals surface area contributed by atoms with Gasteiger partial charge in [-0.15, -0.1) is 0 Å². The van der Waals surface area contributed by atoms with Crippen molar-refractivity contribution in [3.8, 4) is 11.1 Å². The van der Waals surface area contributed by atoms with E-state index in [0.717, 1.165) is 17.7 Å². The van der Waals surface area contributed by atoms with Gasteiger partial charge in [0.1, 0.15) is 17.2 Å². The number of nitrogens with two attached hydrogens (primary N) is 1. The van der Waals surface area contributed by atoms with Gasteiger partial charge in [0, 0.05) is 41.4 Å². The maximum atomic E-state index is 15.4. The van der Waals surface area contributed by atoms with Crippen LogP contribution < -0.4 is 10.6 Å². The SMILES string of the molecule is Cc1c(-c2cc3cc(N)ncc3c(Cl)c2F)cnc2c1N(C(=O)OC(C)(C)C)CCC2C. The number of aromatic nitrogens is 2. The predicted molar refractivity (Wildman–Crippen MR) is 126 cm³/mol. The summed E-state index contributed by atoms with van der Waals surface area (Å²) in [6.07, 6.45) is 3.43. The minimum Gasteiger partial charge on any atom is -0.443 e. The quantitative estimate of drug-likeness (QED) is 0.469. The van der Waals surface area contributed by atoms with Crippen molar-refractivity contribution in [1.29, 1.82) is 0 Å². The molecule has 8 heteroatoms. The second-order valence-corrected chi connectivity index (χ2v) is 9.61. The number of rotatable bonds is 1. The number of halogens is 2. The van der Waals surface area contributed by atoms with Crippen molar-refractivity contribution in [2.75, 3.05) is 17.2 Å². The molecule has 0 fully saturated rings. The van der Waals surface area contributed by atoms with E-state index in [2.05, 4.69) is 16.9 Å². The minimum atomic E-state index is -0.634. The third-order valence-corrected chi connectivity index (χ3v) is 6.05. The monoisotopic (exact) mass is 456 g/mol. The molecule has 2 aromatic heterocycles. The Morgan fingerprint density at radius 2 is 1.97 bits per heavy atom. The highest BCUT2D eigenvalue weighted by Gasteiger charge is 2.33. The Hall–Kier alpha value is -2.93. The van der Waals surface area contributed by atoms with Gasteiger partial charge in [-0.2, -0.15) is 0 Å². The molecule has 2 N–H and O–H groups in total. The van der Waals surface area contributed by atoms with Crippen LogP contribution in [0.25, 0.3) is 21.9 Å². The molecule has 1 aliphatic heterocycles. The van der Waals surface area contributed by atoms with E-state index >= 15 is 4.39 Å². The van der Waals surface area contributed by atoms with E-state index in [9.17, 15) is 4.79 Å². The summed E-state index contributed by atoms with van der Waals surface area (Å²) < 4.78 is 21.0. The van der Waals surface area contributed by atoms with Gasteiger partial charge in [-0.1, -0.05) is 18.5 Å². The zero-order chi connectivity index (χ0) is 23.4. The van der Waals surface area contributed by atoms with E-state index in [1.807, 2.05) is 27.7 Å². The van der Waals surface area contributed by atoms with E-state index in [0.29, 0.717) is 39.9 Å². The van der Waals surface area contributed by atoms with E-state index in [1.54, 1.807) is 23.2 Å². The Bertz CT molecular complexity index is 1240. The molecule has 168 valence electrons. The molecular formula is C24H26ClFN4O2. The molecule has 3 heterocycles. The van der Waals surface area contributed by atoms with Gasteiger partial charge in [0.2, 0.25) is 0 Å². The number of carbonyl (C=O) groups excluding carboxylic acids is 1. The van der Waals surface area contributed by atoms with Crippen LogP contribution in [0.15, 0.2) is 24.5 Å². The number of hydrogen-bond acceptors (Lipinski definition) is 5. The van der Waals surface area contributed by atoms with Crippen molar-refractivity contribution in [1.82, 2.24) is 9.97 Å². The van der Waals surface area contributed by atoms with Gasteiger partial charge in [0.15, 0.2) is 0 Å². The summed E-state index contributed by atoms with van der Waals surface area (Å²) in [5.41, 5.74) is 8.24. The second-order valence-electron chi connectivity index (χ2n) is 9.23. The number of hydrogen-bond donors (Lipinski definition) is 1. The predicted octanol–water partition coefficient (Wildman–Crippen LogP) is 6.23. The number of anilines is 2. The summed E-state index contributed by atoms with van der Waals surface area (Å²) in [6, 6.07) is 3.34. The average molecular weight is 457 g/mol. The van der Waals surface area contributed by atoms with Crippen molar-refractivity contribution in [3.05, 3.63) is 46.6 Å². The zero-order valence-corrected chi connectivity index (χ0v) is 19.5. The lowest BCUT2D eigenvalue weighted by atomic mass is 9.90. The van der Waals surface area contributed by atoms with Crippen molar-refractivity contribution in [2.24, 2.45) is 0 Å². The fourth-order valence-electron chi connectivity index (χ4n) is 4.10. The Morgan fingerprint density at radius 3 is 2.66 bits per heavy atom. The number of amides is 1. The molecule has 6 nitrogen and oxygen atoms in total. The molecule has 32 heavy (non-hydrogen) atoms. The van der Waals surface area contributed by atoms with Crippen LogP contribution in [0.1, 0.15) is 51.3 Å². The average Bonchev–Trinajstić information content (AvgIpc) is 2.70. The molecule has 1 aliphatic rings. The van der Waals surface area contributed by atoms with Gasteiger partial charge < -0.3 is 10.5 Å². The summed E-state index contributed by atoms with van der Waals surface area (Å²) in [5.74, 6) is -0.0908. The van der Waals surface area contributed by atoms with Crippen molar-refractivity contribution >= 4 is 40.0 Å². The summed E-state index contributed by atoms with van der Waals surface area (Å²) >= 11 is 6.34. The van der Waals surface area contributed by atoms with Crippen LogP contribution in [0.3, 0.4) is 0 Å². The van der Waals surface area contributed by atoms with Crippen LogP contribution in [0, 0.1) is 12.7 Å². The number of carbonyl (C=O) groups is 1. The van der Waals surface area contributed by atoms with E-state index in [4.69, 9.17) is 22.1 Å². The van der Waals surface area contributed by atoms with Crippen molar-refractivity contribution in [2.45, 2.75) is 52.6 Å². The van der Waals surface area contributed by atoms with Crippen molar-refractivity contribution < 1.29 is 13.9 Å². The molecule has 0 spiro atoms. The van der Waals surface area contributed by atoms with Crippen LogP contribution in [-0.4, -0.2) is 28.2 Å². The van der Waals surface area contributed by atoms with Crippen LogP contribution in [0.4, 0.5) is 20.7 Å². The topological polar surface area (TPSA) is 81.3 Å². The van der Waals surface area contributed by atoms with Crippen LogP contribution in [-0.2, 0) is 4.74 Å². The standard InChI is InChI=1S/C24H26ClFN4O2/c1-12-6-7-30(23(31)32-24(3,4)5)22-13(2)16(10-29-21(12)22)15-8-14-9-18(27)28-11-17(14)19(25)20(15)26/h8-12H,6-7H2,1-5H3,(H2,27,28). The van der Waals surface area contributed by atoms with Gasteiger partial charge in [0.25, 0.3) is 0 Å². The summed E-state index contributed by atoms with van der Waals surface area (Å²) in [5, 5.41) is 1.13. The Morgan fingerprint density at radius 1 is 1.25 bits per heavy atom. The highest BCUT2D eigenvalue weighted by molar-refractivity contribution is 6.36. The highest BCUT2D eigenvalue weighted by Crippen LogP contribution is 2.43. The molecule has 4 rings (SSSR count). The third kappa shape index (κ3) is 3.86. The van der Waals surface area contributed by atoms with Gasteiger partial charge in [0.05, 0.1) is 16.4 Å². The first-order valence-electron chi connectivity index (χ1n) is 10.5. The Labute approximate surface area is 191 Å². The molecule has 0 radical (unpaired) electrons. The van der Waals surface area contributed by atoms with E-state index < -0.39 is 17.5 Å². The summed E-state index contributed by atoms with van der Waals surface area (Å²) in [4.78, 5) is 23.2. The second kappa shape index (κ2) is 7.89. The lowest BCUT2D eigenvalue weighted by Crippen LogP contribution is -2.41. The summed E-state index contributed by atoms with van der Waals surface area (Å²) in [7, 11) is 0. The molecule has 0 saturated heterocycles. The van der Waals surface area contributed by atoms with Crippen LogP contribution in [0.5, 0.6) is 0 Å². The zero-order valence-electron chi connectivity index (χ0n) is 18.8. The molecule has 1 unspecified atom stereocenters. The number of fused-ring (bicyclic) bond motifs is 2. The van der Waals surface area contributed by atoms with Gasteiger partial charge >= 0.3 is 6.09 Å². The molecule has 1 atom stereocenters. The fourth-order valence-corrected chi connectivity index (χ4v) is 4.36. The normalized spacial score (nSPS) is 16.2. The fraction of sp³-hybridized carbons (Fsp3) is 0.375. The lowest BCUT2D eigenvalue weighted by molar-refractivity contribution is 0.0576. The van der Waals surface area contributed by atoms with Crippen LogP contribution in [0.2, 0.25) is 5.02 Å². The Balaban J connectivity index is 1.91. The number of pyridine rings is 2. The molecule has 0 bridgehead atoms. The number of ether oxygens (including phenoxy) is 1.